The van der Waals surface area contributed by atoms with E-state index in [0.29, 0.717) is 6.10 Å². The lowest BCUT2D eigenvalue weighted by molar-refractivity contribution is -0.0919. The maximum absolute atomic E-state index is 5.80. The van der Waals surface area contributed by atoms with E-state index in [1.165, 1.54) is 19.3 Å². The van der Waals surface area contributed by atoms with Gasteiger partial charge in [-0.2, -0.15) is 0 Å². The van der Waals surface area contributed by atoms with Gasteiger partial charge in [0.15, 0.2) is 0 Å². The maximum Gasteiger partial charge on any atom is 0.110 e. The third-order valence-corrected chi connectivity index (χ3v) is 3.23. The van der Waals surface area contributed by atoms with Gasteiger partial charge in [0.05, 0.1) is 12.7 Å². The van der Waals surface area contributed by atoms with Crippen LogP contribution in [0.4, 0.5) is 0 Å². The Bertz CT molecular complexity index is 190. The Balaban J connectivity index is 1.71. The van der Waals surface area contributed by atoms with Crippen molar-refractivity contribution in [1.29, 1.82) is 0 Å². The summed E-state index contributed by atoms with van der Waals surface area (Å²) in [6, 6.07) is 0. The van der Waals surface area contributed by atoms with E-state index >= 15 is 0 Å². The van der Waals surface area contributed by atoms with Crippen molar-refractivity contribution in [2.45, 2.75) is 51.9 Å². The van der Waals surface area contributed by atoms with Gasteiger partial charge in [-0.05, 0) is 19.3 Å². The fourth-order valence-electron chi connectivity index (χ4n) is 2.21. The smallest absolute Gasteiger partial charge is 0.110 e. The first-order chi connectivity index (χ1) is 7.16. The molecule has 0 amide bonds. The number of hydrogen-bond acceptors (Lipinski definition) is 3. The summed E-state index contributed by atoms with van der Waals surface area (Å²) in [4.78, 5) is 0. The number of hydrogen-bond donors (Lipinski definition) is 1. The molecule has 0 aliphatic carbocycles. The lowest BCUT2D eigenvalue weighted by Crippen LogP contribution is -2.49. The lowest BCUT2D eigenvalue weighted by Gasteiger charge is -2.37. The van der Waals surface area contributed by atoms with Gasteiger partial charge in [-0.3, -0.25) is 5.32 Å². The fraction of sp³-hybridized carbons (Fsp3) is 1.00. The van der Waals surface area contributed by atoms with Gasteiger partial charge in [-0.25, -0.2) is 0 Å². The monoisotopic (exact) mass is 213 g/mol. The van der Waals surface area contributed by atoms with Crippen molar-refractivity contribution in [3.8, 4) is 0 Å². The molecule has 0 saturated carbocycles. The highest BCUT2D eigenvalue weighted by molar-refractivity contribution is 4.79. The Labute approximate surface area is 92.5 Å². The number of nitrogens with one attached hydrogen (secondary N) is 1. The molecule has 15 heavy (non-hydrogen) atoms. The number of ether oxygens (including phenoxy) is 2. The van der Waals surface area contributed by atoms with E-state index in [9.17, 15) is 0 Å². The molecule has 3 heteroatoms. The molecule has 0 aromatic heterocycles. The second-order valence-electron chi connectivity index (χ2n) is 5.57. The molecular weight excluding hydrogens is 190 g/mol. The molecule has 2 rings (SSSR count). The molecule has 2 atom stereocenters. The zero-order valence-corrected chi connectivity index (χ0v) is 9.92. The Hall–Kier alpha value is -0.120. The molecule has 0 aromatic carbocycles. The first-order valence-corrected chi connectivity index (χ1v) is 6.12. The third-order valence-electron chi connectivity index (χ3n) is 3.23. The van der Waals surface area contributed by atoms with Gasteiger partial charge in [0, 0.05) is 25.0 Å². The second kappa shape index (κ2) is 4.81. The summed E-state index contributed by atoms with van der Waals surface area (Å²) < 4.78 is 11.5. The number of rotatable bonds is 2. The van der Waals surface area contributed by atoms with Crippen molar-refractivity contribution < 1.29 is 9.47 Å². The molecule has 2 aliphatic rings. The molecule has 1 N–H and O–H groups in total. The quantitative estimate of drug-likeness (QED) is 0.760. The van der Waals surface area contributed by atoms with Crippen LogP contribution in [0.2, 0.25) is 0 Å². The highest BCUT2D eigenvalue weighted by Gasteiger charge is 2.29. The average Bonchev–Trinajstić information content (AvgIpc) is 2.23. The van der Waals surface area contributed by atoms with Crippen molar-refractivity contribution in [2.75, 3.05) is 19.8 Å². The van der Waals surface area contributed by atoms with E-state index in [1.807, 2.05) is 0 Å². The second-order valence-corrected chi connectivity index (χ2v) is 5.57. The van der Waals surface area contributed by atoms with E-state index in [2.05, 4.69) is 19.2 Å². The van der Waals surface area contributed by atoms with Crippen LogP contribution in [0.25, 0.3) is 0 Å². The molecule has 0 radical (unpaired) electrons. The average molecular weight is 213 g/mol. The summed E-state index contributed by atoms with van der Waals surface area (Å²) in [6.45, 7) is 7.30. The summed E-state index contributed by atoms with van der Waals surface area (Å²) in [5, 5.41) is 3.45. The van der Waals surface area contributed by atoms with Crippen LogP contribution in [0.15, 0.2) is 0 Å². The van der Waals surface area contributed by atoms with Gasteiger partial charge in [0.1, 0.15) is 6.23 Å². The molecule has 2 fully saturated rings. The van der Waals surface area contributed by atoms with Crippen molar-refractivity contribution in [2.24, 2.45) is 5.41 Å². The maximum atomic E-state index is 5.80. The molecule has 2 heterocycles. The SMILES string of the molecule is CC1(C)CNC(CC2CCCCO2)OC1. The normalized spacial score (nSPS) is 36.4. The molecule has 0 bridgehead atoms. The van der Waals surface area contributed by atoms with Crippen LogP contribution >= 0.6 is 0 Å². The van der Waals surface area contributed by atoms with Gasteiger partial charge in [0.25, 0.3) is 0 Å². The van der Waals surface area contributed by atoms with Crippen LogP contribution < -0.4 is 5.32 Å². The minimum atomic E-state index is 0.209. The van der Waals surface area contributed by atoms with E-state index in [4.69, 9.17) is 9.47 Å². The topological polar surface area (TPSA) is 30.5 Å². The van der Waals surface area contributed by atoms with Crippen LogP contribution in [-0.2, 0) is 9.47 Å². The highest BCUT2D eigenvalue weighted by Crippen LogP contribution is 2.23. The van der Waals surface area contributed by atoms with Gasteiger partial charge in [0.2, 0.25) is 0 Å². The van der Waals surface area contributed by atoms with Crippen molar-refractivity contribution in [1.82, 2.24) is 5.32 Å². The Morgan fingerprint density at radius 2 is 2.13 bits per heavy atom. The summed E-state index contributed by atoms with van der Waals surface area (Å²) in [5.74, 6) is 0. The van der Waals surface area contributed by atoms with Crippen molar-refractivity contribution >= 4 is 0 Å². The fourth-order valence-corrected chi connectivity index (χ4v) is 2.21. The minimum Gasteiger partial charge on any atom is -0.378 e. The van der Waals surface area contributed by atoms with Crippen LogP contribution in [0.3, 0.4) is 0 Å². The predicted octanol–water partition coefficient (Wildman–Crippen LogP) is 1.92. The Morgan fingerprint density at radius 3 is 2.73 bits per heavy atom. The third kappa shape index (κ3) is 3.44. The molecule has 0 aromatic rings. The van der Waals surface area contributed by atoms with Crippen molar-refractivity contribution in [3.05, 3.63) is 0 Å². The molecular formula is C12H23NO2. The van der Waals surface area contributed by atoms with Gasteiger partial charge in [-0.1, -0.05) is 13.8 Å². The highest BCUT2D eigenvalue weighted by atomic mass is 16.5. The van der Waals surface area contributed by atoms with Crippen molar-refractivity contribution in [3.63, 3.8) is 0 Å². The molecule has 88 valence electrons. The first-order valence-electron chi connectivity index (χ1n) is 6.12. The zero-order valence-electron chi connectivity index (χ0n) is 9.92. The van der Waals surface area contributed by atoms with E-state index in [1.54, 1.807) is 0 Å². The largest absolute Gasteiger partial charge is 0.378 e. The minimum absolute atomic E-state index is 0.209. The van der Waals surface area contributed by atoms with Gasteiger partial charge in [-0.15, -0.1) is 0 Å². The van der Waals surface area contributed by atoms with Gasteiger partial charge < -0.3 is 9.47 Å². The van der Waals surface area contributed by atoms with Crippen LogP contribution in [0, 0.1) is 5.41 Å². The van der Waals surface area contributed by atoms with E-state index < -0.39 is 0 Å². The molecule has 0 spiro atoms. The van der Waals surface area contributed by atoms with E-state index in [-0.39, 0.29) is 11.6 Å². The van der Waals surface area contributed by atoms with Crippen LogP contribution in [-0.4, -0.2) is 32.1 Å². The lowest BCUT2D eigenvalue weighted by atomic mass is 9.93. The standard InChI is InChI=1S/C12H23NO2/c1-12(2)8-13-11(15-9-12)7-10-5-3-4-6-14-10/h10-11,13H,3-9H2,1-2H3. The first kappa shape index (κ1) is 11.4. The summed E-state index contributed by atoms with van der Waals surface area (Å²) in [7, 11) is 0. The Kier molecular flexibility index (Phi) is 3.65. The summed E-state index contributed by atoms with van der Waals surface area (Å²) >= 11 is 0. The Morgan fingerprint density at radius 1 is 1.27 bits per heavy atom. The molecule has 2 unspecified atom stereocenters. The molecule has 2 aliphatic heterocycles. The molecule has 3 nitrogen and oxygen atoms in total. The summed E-state index contributed by atoms with van der Waals surface area (Å²) in [6.07, 6.45) is 5.37. The zero-order chi connectivity index (χ0) is 10.7. The van der Waals surface area contributed by atoms with Crippen LogP contribution in [0.1, 0.15) is 39.5 Å². The van der Waals surface area contributed by atoms with Crippen LogP contribution in [0.5, 0.6) is 0 Å². The predicted molar refractivity (Wildman–Crippen MR) is 59.7 cm³/mol. The summed E-state index contributed by atoms with van der Waals surface area (Å²) in [5.41, 5.74) is 0.282. The van der Waals surface area contributed by atoms with E-state index in [0.717, 1.165) is 26.2 Å². The molecule has 2 saturated heterocycles. The van der Waals surface area contributed by atoms with Gasteiger partial charge >= 0.3 is 0 Å².